The van der Waals surface area contributed by atoms with Gasteiger partial charge in [0.25, 0.3) is 0 Å². The van der Waals surface area contributed by atoms with Gasteiger partial charge in [-0.2, -0.15) is 0 Å². The number of hydrogen-bond acceptors (Lipinski definition) is 5. The fourth-order valence-corrected chi connectivity index (χ4v) is 2.87. The highest BCUT2D eigenvalue weighted by molar-refractivity contribution is 7.89. The molecule has 0 bridgehead atoms. The molecule has 0 aromatic carbocycles. The van der Waals surface area contributed by atoms with Gasteiger partial charge in [-0.25, -0.2) is 12.7 Å². The summed E-state index contributed by atoms with van der Waals surface area (Å²) < 4.78 is 28.5. The molecule has 1 atom stereocenters. The van der Waals surface area contributed by atoms with E-state index in [0.717, 1.165) is 4.31 Å². The van der Waals surface area contributed by atoms with Gasteiger partial charge in [0.05, 0.1) is 13.0 Å². The summed E-state index contributed by atoms with van der Waals surface area (Å²) >= 11 is 0. The molecule has 7 nitrogen and oxygen atoms in total. The number of carbonyl (C=O) groups excluding carboxylic acids is 1. The number of nitrogens with zero attached hydrogens (tertiary/aromatic N) is 1. The van der Waals surface area contributed by atoms with Crippen molar-refractivity contribution in [1.82, 2.24) is 4.31 Å². The Morgan fingerprint density at radius 1 is 1.50 bits per heavy atom. The third-order valence-electron chi connectivity index (χ3n) is 2.38. The molecule has 0 aliphatic carbocycles. The van der Waals surface area contributed by atoms with E-state index < -0.39 is 33.6 Å². The lowest BCUT2D eigenvalue weighted by molar-refractivity contribution is -0.144. The van der Waals surface area contributed by atoms with Crippen molar-refractivity contribution in [2.45, 2.75) is 6.42 Å². The molecule has 1 heterocycles. The first-order valence-corrected chi connectivity index (χ1v) is 6.25. The lowest BCUT2D eigenvalue weighted by atomic mass is 10.1. The Kier molecular flexibility index (Phi) is 3.87. The Balaban J connectivity index is 2.66. The summed E-state index contributed by atoms with van der Waals surface area (Å²) in [7, 11) is -2.58. The molecule has 0 aromatic rings. The largest absolute Gasteiger partial charge is 0.480 e. The molecule has 8 heteroatoms. The van der Waals surface area contributed by atoms with E-state index in [2.05, 4.69) is 4.74 Å². The molecule has 1 aliphatic heterocycles. The maximum absolute atomic E-state index is 11.5. The van der Waals surface area contributed by atoms with Crippen molar-refractivity contribution in [3.05, 3.63) is 0 Å². The Morgan fingerprint density at radius 3 is 2.62 bits per heavy atom. The van der Waals surface area contributed by atoms with Crippen LogP contribution in [0.25, 0.3) is 0 Å². The minimum absolute atomic E-state index is 0.00227. The van der Waals surface area contributed by atoms with Crippen LogP contribution < -0.4 is 0 Å². The molecular formula is C8H13NO6S. The van der Waals surface area contributed by atoms with Gasteiger partial charge in [0.15, 0.2) is 5.75 Å². The second-order valence-corrected chi connectivity index (χ2v) is 5.49. The highest BCUT2D eigenvalue weighted by atomic mass is 32.2. The van der Waals surface area contributed by atoms with Crippen LogP contribution in [-0.2, 0) is 24.3 Å². The summed E-state index contributed by atoms with van der Waals surface area (Å²) in [4.78, 5) is 21.5. The smallest absolute Gasteiger partial charge is 0.320 e. The van der Waals surface area contributed by atoms with Crippen LogP contribution in [-0.4, -0.2) is 55.7 Å². The molecule has 1 saturated heterocycles. The quantitative estimate of drug-likeness (QED) is 0.636. The second-order valence-electron chi connectivity index (χ2n) is 3.52. The average molecular weight is 251 g/mol. The van der Waals surface area contributed by atoms with Gasteiger partial charge >= 0.3 is 11.9 Å². The highest BCUT2D eigenvalue weighted by Crippen LogP contribution is 2.20. The van der Waals surface area contributed by atoms with Crippen molar-refractivity contribution < 1.29 is 27.9 Å². The SMILES string of the molecule is COC(=O)C1CCN(S(=O)(=O)CC(=O)O)C1. The molecule has 1 N–H and O–H groups in total. The zero-order valence-corrected chi connectivity index (χ0v) is 9.57. The van der Waals surface area contributed by atoms with E-state index in [1.807, 2.05) is 0 Å². The number of aliphatic carboxylic acids is 1. The van der Waals surface area contributed by atoms with Crippen molar-refractivity contribution >= 4 is 22.0 Å². The number of carboxylic acids is 1. The first-order chi connectivity index (χ1) is 7.36. The summed E-state index contributed by atoms with van der Waals surface area (Å²) in [6.07, 6.45) is 0.367. The summed E-state index contributed by atoms with van der Waals surface area (Å²) in [5, 5.41) is 8.43. The highest BCUT2D eigenvalue weighted by Gasteiger charge is 2.36. The fraction of sp³-hybridized carbons (Fsp3) is 0.750. The number of methoxy groups -OCH3 is 1. The van der Waals surface area contributed by atoms with Crippen LogP contribution in [0, 0.1) is 5.92 Å². The maximum atomic E-state index is 11.5. The van der Waals surface area contributed by atoms with Crippen LogP contribution in [0.2, 0.25) is 0 Å². The molecule has 1 unspecified atom stereocenters. The second kappa shape index (κ2) is 4.79. The molecule has 0 spiro atoms. The minimum Gasteiger partial charge on any atom is -0.480 e. The first kappa shape index (κ1) is 12.9. The minimum atomic E-state index is -3.81. The number of sulfonamides is 1. The van der Waals surface area contributed by atoms with Gasteiger partial charge < -0.3 is 9.84 Å². The standard InChI is InChI=1S/C8H13NO6S/c1-15-8(12)6-2-3-9(4-6)16(13,14)5-7(10)11/h6H,2-5H2,1H3,(H,10,11). The molecule has 0 saturated carbocycles. The molecular weight excluding hydrogens is 238 g/mol. The number of rotatable bonds is 4. The zero-order chi connectivity index (χ0) is 12.3. The number of hydrogen-bond donors (Lipinski definition) is 1. The van der Waals surface area contributed by atoms with Gasteiger partial charge in [-0.1, -0.05) is 0 Å². The first-order valence-electron chi connectivity index (χ1n) is 4.64. The summed E-state index contributed by atoms with van der Waals surface area (Å²) in [5.74, 6) is -3.30. The van der Waals surface area contributed by atoms with E-state index in [1.165, 1.54) is 7.11 Å². The van der Waals surface area contributed by atoms with Crippen LogP contribution in [0.5, 0.6) is 0 Å². The average Bonchev–Trinajstić information content (AvgIpc) is 2.63. The molecule has 1 rings (SSSR count). The van der Waals surface area contributed by atoms with E-state index in [9.17, 15) is 18.0 Å². The van der Waals surface area contributed by atoms with Crippen LogP contribution in [0.1, 0.15) is 6.42 Å². The van der Waals surface area contributed by atoms with Crippen molar-refractivity contribution in [3.8, 4) is 0 Å². The van der Waals surface area contributed by atoms with Gasteiger partial charge in [-0.3, -0.25) is 9.59 Å². The maximum Gasteiger partial charge on any atom is 0.320 e. The monoisotopic (exact) mass is 251 g/mol. The van der Waals surface area contributed by atoms with Gasteiger partial charge in [0, 0.05) is 13.1 Å². The lowest BCUT2D eigenvalue weighted by Crippen LogP contribution is -2.34. The van der Waals surface area contributed by atoms with E-state index in [1.54, 1.807) is 0 Å². The van der Waals surface area contributed by atoms with E-state index in [4.69, 9.17) is 5.11 Å². The third-order valence-corrected chi connectivity index (χ3v) is 4.11. The predicted molar refractivity (Wildman–Crippen MR) is 53.1 cm³/mol. The Labute approximate surface area is 93.0 Å². The molecule has 92 valence electrons. The molecule has 1 aliphatic rings. The number of carbonyl (C=O) groups is 2. The van der Waals surface area contributed by atoms with E-state index in [-0.39, 0.29) is 13.1 Å². The fourth-order valence-electron chi connectivity index (χ4n) is 1.59. The van der Waals surface area contributed by atoms with Crippen LogP contribution in [0.15, 0.2) is 0 Å². The lowest BCUT2D eigenvalue weighted by Gasteiger charge is -2.14. The molecule has 0 amide bonds. The van der Waals surface area contributed by atoms with Crippen molar-refractivity contribution in [2.75, 3.05) is 26.0 Å². The molecule has 16 heavy (non-hydrogen) atoms. The zero-order valence-electron chi connectivity index (χ0n) is 8.75. The summed E-state index contributed by atoms with van der Waals surface area (Å²) in [6.45, 7) is 0.164. The third kappa shape index (κ3) is 2.92. The van der Waals surface area contributed by atoms with E-state index >= 15 is 0 Å². The number of esters is 1. The Bertz CT molecular complexity index is 389. The Morgan fingerprint density at radius 2 is 2.12 bits per heavy atom. The number of ether oxygens (including phenoxy) is 1. The van der Waals surface area contributed by atoms with Crippen molar-refractivity contribution in [1.29, 1.82) is 0 Å². The molecule has 0 radical (unpaired) electrons. The topological polar surface area (TPSA) is 101 Å². The van der Waals surface area contributed by atoms with Crippen LogP contribution >= 0.6 is 0 Å². The molecule has 0 aromatic heterocycles. The normalized spacial score (nSPS) is 21.9. The van der Waals surface area contributed by atoms with Crippen molar-refractivity contribution in [3.63, 3.8) is 0 Å². The van der Waals surface area contributed by atoms with Gasteiger partial charge in [-0.05, 0) is 6.42 Å². The van der Waals surface area contributed by atoms with Crippen molar-refractivity contribution in [2.24, 2.45) is 5.92 Å². The van der Waals surface area contributed by atoms with Crippen LogP contribution in [0.4, 0.5) is 0 Å². The predicted octanol–water partition coefficient (Wildman–Crippen LogP) is -1.10. The van der Waals surface area contributed by atoms with Gasteiger partial charge in [0.1, 0.15) is 0 Å². The summed E-state index contributed by atoms with van der Waals surface area (Å²) in [6, 6.07) is 0. The van der Waals surface area contributed by atoms with Gasteiger partial charge in [-0.15, -0.1) is 0 Å². The number of carboxylic acid groups (broad SMARTS) is 1. The summed E-state index contributed by atoms with van der Waals surface area (Å²) in [5.41, 5.74) is 0. The van der Waals surface area contributed by atoms with Gasteiger partial charge in [0.2, 0.25) is 10.0 Å². The molecule has 1 fully saturated rings. The van der Waals surface area contributed by atoms with E-state index in [0.29, 0.717) is 6.42 Å². The van der Waals surface area contributed by atoms with Crippen LogP contribution in [0.3, 0.4) is 0 Å². The Hall–Kier alpha value is -1.15.